The first-order valence-electron chi connectivity index (χ1n) is 8.25. The van der Waals surface area contributed by atoms with E-state index >= 15 is 0 Å². The SMILES string of the molecule is O=c1[nH]c2ccc(S(=O)(=O)Nc3nc4scc(-c5ccc(Cl)cc5Cl)n4n3)cc2o1. The van der Waals surface area contributed by atoms with Crippen molar-refractivity contribution in [2.75, 3.05) is 4.72 Å². The fourth-order valence-electron chi connectivity index (χ4n) is 2.88. The average Bonchev–Trinajstić information content (AvgIpc) is 3.34. The van der Waals surface area contributed by atoms with E-state index in [0.29, 0.717) is 31.8 Å². The van der Waals surface area contributed by atoms with E-state index in [0.717, 1.165) is 0 Å². The molecule has 5 rings (SSSR count). The molecule has 0 aliphatic rings. The number of sulfonamides is 1. The van der Waals surface area contributed by atoms with Gasteiger partial charge in [-0.2, -0.15) is 4.98 Å². The Bertz CT molecular complexity index is 1600. The van der Waals surface area contributed by atoms with Crippen LogP contribution in [0.15, 0.2) is 55.9 Å². The number of oxazole rings is 1. The van der Waals surface area contributed by atoms with Gasteiger partial charge in [0.15, 0.2) is 5.58 Å². The molecule has 0 unspecified atom stereocenters. The largest absolute Gasteiger partial charge is 0.417 e. The van der Waals surface area contributed by atoms with E-state index in [1.807, 2.05) is 5.38 Å². The van der Waals surface area contributed by atoms with Gasteiger partial charge in [0.25, 0.3) is 16.0 Å². The van der Waals surface area contributed by atoms with E-state index in [1.54, 1.807) is 18.2 Å². The molecule has 0 amide bonds. The summed E-state index contributed by atoms with van der Waals surface area (Å²) in [5.74, 6) is -0.777. The summed E-state index contributed by atoms with van der Waals surface area (Å²) in [7, 11) is -4.02. The summed E-state index contributed by atoms with van der Waals surface area (Å²) in [5.41, 5.74) is 1.84. The number of halogens is 2. The van der Waals surface area contributed by atoms with Crippen molar-refractivity contribution in [3.8, 4) is 11.3 Å². The molecule has 152 valence electrons. The predicted octanol–water partition coefficient (Wildman–Crippen LogP) is 4.00. The summed E-state index contributed by atoms with van der Waals surface area (Å²) in [6, 6.07) is 9.08. The molecular formula is C17H9Cl2N5O4S2. The summed E-state index contributed by atoms with van der Waals surface area (Å²) in [6.07, 6.45) is 0. The molecular weight excluding hydrogens is 473 g/mol. The number of hydrogen-bond donors (Lipinski definition) is 2. The van der Waals surface area contributed by atoms with E-state index < -0.39 is 15.8 Å². The molecule has 9 nitrogen and oxygen atoms in total. The molecule has 0 bridgehead atoms. The lowest BCUT2D eigenvalue weighted by molar-refractivity contribution is 0.554. The number of rotatable bonds is 4. The van der Waals surface area contributed by atoms with E-state index in [9.17, 15) is 13.2 Å². The fraction of sp³-hybridized carbons (Fsp3) is 0. The highest BCUT2D eigenvalue weighted by molar-refractivity contribution is 7.92. The molecule has 5 aromatic rings. The summed E-state index contributed by atoms with van der Waals surface area (Å²) in [4.78, 5) is 18.3. The Morgan fingerprint density at radius 3 is 2.80 bits per heavy atom. The molecule has 0 aliphatic heterocycles. The zero-order chi connectivity index (χ0) is 21.0. The monoisotopic (exact) mass is 481 g/mol. The van der Waals surface area contributed by atoms with Crippen molar-refractivity contribution in [3.05, 3.63) is 62.4 Å². The average molecular weight is 482 g/mol. The summed E-state index contributed by atoms with van der Waals surface area (Å²) >= 11 is 13.5. The first-order chi connectivity index (χ1) is 14.3. The second-order valence-electron chi connectivity index (χ2n) is 6.15. The van der Waals surface area contributed by atoms with Crippen LogP contribution < -0.4 is 10.5 Å². The molecule has 2 aromatic carbocycles. The number of H-pyrrole nitrogens is 1. The number of nitrogens with one attached hydrogen (secondary N) is 2. The van der Waals surface area contributed by atoms with Crippen molar-refractivity contribution in [2.45, 2.75) is 4.90 Å². The zero-order valence-electron chi connectivity index (χ0n) is 14.6. The van der Waals surface area contributed by atoms with Crippen LogP contribution in [-0.2, 0) is 10.0 Å². The van der Waals surface area contributed by atoms with E-state index in [1.165, 1.54) is 34.1 Å². The standard InChI is InChI=1S/C17H9Cl2N5O4S2/c18-8-1-3-10(11(19)5-8)13-7-29-16-21-15(22-24(13)16)23-30(26,27)9-2-4-12-14(6-9)28-17(25)20-12/h1-7H,(H,20,25)(H,22,23). The van der Waals surface area contributed by atoms with E-state index in [4.69, 9.17) is 27.6 Å². The first kappa shape index (κ1) is 19.1. The smallest absolute Gasteiger partial charge is 0.408 e. The molecule has 3 heterocycles. The highest BCUT2D eigenvalue weighted by Crippen LogP contribution is 2.33. The number of aromatic nitrogens is 4. The third-order valence-corrected chi connectivity index (χ3v) is 6.91. The Kier molecular flexibility index (Phi) is 4.36. The van der Waals surface area contributed by atoms with Crippen molar-refractivity contribution < 1.29 is 12.8 Å². The minimum atomic E-state index is -4.02. The van der Waals surface area contributed by atoms with Crippen molar-refractivity contribution in [1.29, 1.82) is 0 Å². The molecule has 0 fully saturated rings. The maximum atomic E-state index is 12.7. The Balaban J connectivity index is 1.51. The second-order valence-corrected chi connectivity index (χ2v) is 9.52. The Hall–Kier alpha value is -2.86. The van der Waals surface area contributed by atoms with Gasteiger partial charge in [-0.3, -0.25) is 4.98 Å². The molecule has 0 atom stereocenters. The molecule has 3 aromatic heterocycles. The molecule has 0 saturated heterocycles. The van der Waals surface area contributed by atoms with Crippen LogP contribution in [0.1, 0.15) is 0 Å². The van der Waals surface area contributed by atoms with Crippen LogP contribution in [0.3, 0.4) is 0 Å². The van der Waals surface area contributed by atoms with Crippen LogP contribution in [0, 0.1) is 0 Å². The van der Waals surface area contributed by atoms with E-state index in [-0.39, 0.29) is 16.4 Å². The second kappa shape index (κ2) is 6.84. The lowest BCUT2D eigenvalue weighted by atomic mass is 10.2. The third kappa shape index (κ3) is 3.25. The number of anilines is 1. The first-order valence-corrected chi connectivity index (χ1v) is 11.4. The van der Waals surface area contributed by atoms with Gasteiger partial charge in [0.1, 0.15) is 0 Å². The van der Waals surface area contributed by atoms with Gasteiger partial charge < -0.3 is 4.42 Å². The number of fused-ring (bicyclic) bond motifs is 2. The normalized spacial score (nSPS) is 12.1. The number of aromatic amines is 1. The van der Waals surface area contributed by atoms with Gasteiger partial charge >= 0.3 is 5.76 Å². The quantitative estimate of drug-likeness (QED) is 0.399. The van der Waals surface area contributed by atoms with Crippen LogP contribution >= 0.6 is 34.5 Å². The topological polar surface area (TPSA) is 122 Å². The van der Waals surface area contributed by atoms with Crippen LogP contribution in [0.5, 0.6) is 0 Å². The van der Waals surface area contributed by atoms with Gasteiger partial charge in [-0.15, -0.1) is 16.4 Å². The summed E-state index contributed by atoms with van der Waals surface area (Å²) < 4.78 is 34.2. The Labute approximate surface area is 181 Å². The summed E-state index contributed by atoms with van der Waals surface area (Å²) in [5, 5.41) is 6.98. The van der Waals surface area contributed by atoms with Crippen LogP contribution in [0.25, 0.3) is 27.3 Å². The number of hydrogen-bond acceptors (Lipinski definition) is 7. The van der Waals surface area contributed by atoms with Gasteiger partial charge in [0.05, 0.1) is 21.1 Å². The zero-order valence-corrected chi connectivity index (χ0v) is 17.7. The molecule has 2 N–H and O–H groups in total. The van der Waals surface area contributed by atoms with Crippen LogP contribution in [-0.4, -0.2) is 28.0 Å². The molecule has 0 radical (unpaired) electrons. The maximum absolute atomic E-state index is 12.7. The minimum Gasteiger partial charge on any atom is -0.408 e. The minimum absolute atomic E-state index is 0.100. The highest BCUT2D eigenvalue weighted by Gasteiger charge is 2.20. The fourth-order valence-corrected chi connectivity index (χ4v) is 5.16. The van der Waals surface area contributed by atoms with Crippen molar-refractivity contribution >= 4 is 66.6 Å². The van der Waals surface area contributed by atoms with Crippen molar-refractivity contribution in [2.24, 2.45) is 0 Å². The van der Waals surface area contributed by atoms with Gasteiger partial charge in [-0.1, -0.05) is 23.2 Å². The summed E-state index contributed by atoms with van der Waals surface area (Å²) in [6.45, 7) is 0. The van der Waals surface area contributed by atoms with Crippen LogP contribution in [0.2, 0.25) is 10.0 Å². The Morgan fingerprint density at radius 1 is 1.17 bits per heavy atom. The molecule has 0 spiro atoms. The lowest BCUT2D eigenvalue weighted by Gasteiger charge is -2.04. The molecule has 30 heavy (non-hydrogen) atoms. The molecule has 13 heteroatoms. The van der Waals surface area contributed by atoms with Gasteiger partial charge in [-0.05, 0) is 30.3 Å². The van der Waals surface area contributed by atoms with Crippen molar-refractivity contribution in [3.63, 3.8) is 0 Å². The lowest BCUT2D eigenvalue weighted by Crippen LogP contribution is -2.14. The van der Waals surface area contributed by atoms with Gasteiger partial charge in [-0.25, -0.2) is 22.4 Å². The van der Waals surface area contributed by atoms with E-state index in [2.05, 4.69) is 19.8 Å². The highest BCUT2D eigenvalue weighted by atomic mass is 35.5. The predicted molar refractivity (Wildman–Crippen MR) is 114 cm³/mol. The number of nitrogens with zero attached hydrogens (tertiary/aromatic N) is 3. The van der Waals surface area contributed by atoms with Gasteiger partial charge in [0, 0.05) is 22.0 Å². The van der Waals surface area contributed by atoms with Crippen molar-refractivity contribution in [1.82, 2.24) is 19.6 Å². The Morgan fingerprint density at radius 2 is 2.00 bits per heavy atom. The maximum Gasteiger partial charge on any atom is 0.417 e. The third-order valence-electron chi connectivity index (χ3n) is 4.22. The molecule has 0 saturated carbocycles. The molecule has 0 aliphatic carbocycles. The van der Waals surface area contributed by atoms with Gasteiger partial charge in [0.2, 0.25) is 4.96 Å². The number of benzene rings is 2. The van der Waals surface area contributed by atoms with Crippen LogP contribution in [0.4, 0.5) is 5.95 Å². The number of thiazole rings is 1.